The first-order chi connectivity index (χ1) is 10.1. The molecule has 5 heteroatoms. The Bertz CT molecular complexity index is 575. The van der Waals surface area contributed by atoms with Crippen molar-refractivity contribution < 1.29 is 14.5 Å². The van der Waals surface area contributed by atoms with Crippen molar-refractivity contribution in [1.29, 1.82) is 0 Å². The number of nitrogens with zero attached hydrogens (tertiary/aromatic N) is 1. The predicted molar refractivity (Wildman–Crippen MR) is 78.7 cm³/mol. The predicted octanol–water partition coefficient (Wildman–Crippen LogP) is 3.42. The molecule has 2 rings (SSSR count). The molecular formula is C16H15NO4. The van der Waals surface area contributed by atoms with Gasteiger partial charge in [-0.05, 0) is 36.8 Å². The molecule has 0 unspecified atom stereocenters. The number of carbonyl (C=O) groups is 1. The Morgan fingerprint density at radius 3 is 2.24 bits per heavy atom. The van der Waals surface area contributed by atoms with Crippen LogP contribution in [0, 0.1) is 10.1 Å². The van der Waals surface area contributed by atoms with Crippen LogP contribution in [0.5, 0.6) is 5.75 Å². The molecule has 0 saturated carbocycles. The van der Waals surface area contributed by atoms with Gasteiger partial charge in [-0.1, -0.05) is 12.1 Å². The Hall–Kier alpha value is -2.69. The van der Waals surface area contributed by atoms with Crippen LogP contribution >= 0.6 is 0 Å². The number of ketones is 1. The van der Waals surface area contributed by atoms with Crippen LogP contribution in [-0.4, -0.2) is 17.3 Å². The lowest BCUT2D eigenvalue weighted by atomic mass is 10.1. The molecule has 0 saturated heterocycles. The summed E-state index contributed by atoms with van der Waals surface area (Å²) in [6.45, 7) is 1.99. The first-order valence-corrected chi connectivity index (χ1v) is 6.53. The van der Waals surface area contributed by atoms with E-state index in [4.69, 9.17) is 4.74 Å². The van der Waals surface area contributed by atoms with Gasteiger partial charge in [0.05, 0.1) is 11.5 Å². The summed E-state index contributed by atoms with van der Waals surface area (Å²) in [6, 6.07) is 13.4. The number of Topliss-reactive ketones (excluding diaryl/α,β-unsaturated/α-hetero) is 1. The smallest absolute Gasteiger partial charge is 0.269 e. The van der Waals surface area contributed by atoms with E-state index >= 15 is 0 Å². The van der Waals surface area contributed by atoms with Gasteiger partial charge in [-0.2, -0.15) is 0 Å². The SMILES string of the molecule is CC(=O)c1ccc(OCCc2ccc([N+](=O)[O-])cc2)cc1. The number of nitro benzene ring substituents is 1. The molecule has 0 spiro atoms. The van der Waals surface area contributed by atoms with Crippen molar-refractivity contribution in [3.63, 3.8) is 0 Å². The van der Waals surface area contributed by atoms with Crippen LogP contribution in [0.4, 0.5) is 5.69 Å². The fourth-order valence-corrected chi connectivity index (χ4v) is 1.86. The maximum atomic E-state index is 11.1. The molecule has 0 N–H and O–H groups in total. The quantitative estimate of drug-likeness (QED) is 0.463. The van der Waals surface area contributed by atoms with Gasteiger partial charge in [0, 0.05) is 24.1 Å². The lowest BCUT2D eigenvalue weighted by Gasteiger charge is -2.06. The zero-order valence-corrected chi connectivity index (χ0v) is 11.6. The van der Waals surface area contributed by atoms with Crippen molar-refractivity contribution >= 4 is 11.5 Å². The van der Waals surface area contributed by atoms with Crippen molar-refractivity contribution in [2.75, 3.05) is 6.61 Å². The third kappa shape index (κ3) is 4.14. The van der Waals surface area contributed by atoms with Gasteiger partial charge in [0.1, 0.15) is 5.75 Å². The Kier molecular flexibility index (Phi) is 4.66. The average molecular weight is 285 g/mol. The van der Waals surface area contributed by atoms with E-state index in [1.165, 1.54) is 19.1 Å². The lowest BCUT2D eigenvalue weighted by Crippen LogP contribution is -2.02. The van der Waals surface area contributed by atoms with Crippen LogP contribution in [-0.2, 0) is 6.42 Å². The minimum absolute atomic E-state index is 0.0208. The fraction of sp³-hybridized carbons (Fsp3) is 0.188. The topological polar surface area (TPSA) is 69.4 Å². The number of non-ortho nitro benzene ring substituents is 1. The Labute approximate surface area is 122 Å². The number of hydrogen-bond acceptors (Lipinski definition) is 4. The van der Waals surface area contributed by atoms with Gasteiger partial charge in [-0.15, -0.1) is 0 Å². The summed E-state index contributed by atoms with van der Waals surface area (Å²) < 4.78 is 5.58. The molecule has 0 aromatic heterocycles. The van der Waals surface area contributed by atoms with Crippen molar-refractivity contribution in [1.82, 2.24) is 0 Å². The van der Waals surface area contributed by atoms with Gasteiger partial charge < -0.3 is 4.74 Å². The molecule has 0 fully saturated rings. The summed E-state index contributed by atoms with van der Waals surface area (Å²) in [7, 11) is 0. The fourth-order valence-electron chi connectivity index (χ4n) is 1.86. The zero-order chi connectivity index (χ0) is 15.2. The molecule has 108 valence electrons. The number of benzene rings is 2. The minimum Gasteiger partial charge on any atom is -0.493 e. The van der Waals surface area contributed by atoms with Gasteiger partial charge in [0.25, 0.3) is 5.69 Å². The molecule has 2 aromatic rings. The highest BCUT2D eigenvalue weighted by atomic mass is 16.6. The van der Waals surface area contributed by atoms with E-state index in [0.717, 1.165) is 5.56 Å². The minimum atomic E-state index is -0.420. The van der Waals surface area contributed by atoms with Crippen molar-refractivity contribution in [3.05, 3.63) is 69.8 Å². The highest BCUT2D eigenvalue weighted by molar-refractivity contribution is 5.94. The zero-order valence-electron chi connectivity index (χ0n) is 11.6. The first-order valence-electron chi connectivity index (χ1n) is 6.53. The maximum absolute atomic E-state index is 11.1. The van der Waals surface area contributed by atoms with E-state index < -0.39 is 4.92 Å². The first kappa shape index (κ1) is 14.7. The van der Waals surface area contributed by atoms with E-state index in [0.29, 0.717) is 24.3 Å². The standard InChI is InChI=1S/C16H15NO4/c1-12(18)14-4-8-16(9-5-14)21-11-10-13-2-6-15(7-3-13)17(19)20/h2-9H,10-11H2,1H3. The van der Waals surface area contributed by atoms with Crippen LogP contribution in [0.3, 0.4) is 0 Å². The van der Waals surface area contributed by atoms with Gasteiger partial charge >= 0.3 is 0 Å². The Balaban J connectivity index is 1.86. The lowest BCUT2D eigenvalue weighted by molar-refractivity contribution is -0.384. The normalized spacial score (nSPS) is 10.1. The molecular weight excluding hydrogens is 270 g/mol. The van der Waals surface area contributed by atoms with Crippen LogP contribution in [0.15, 0.2) is 48.5 Å². The number of carbonyl (C=O) groups excluding carboxylic acids is 1. The molecule has 0 heterocycles. The highest BCUT2D eigenvalue weighted by Crippen LogP contribution is 2.15. The summed E-state index contributed by atoms with van der Waals surface area (Å²) in [5, 5.41) is 10.5. The number of nitro groups is 1. The highest BCUT2D eigenvalue weighted by Gasteiger charge is 2.04. The molecule has 0 radical (unpaired) electrons. The third-order valence-electron chi connectivity index (χ3n) is 3.07. The molecule has 2 aromatic carbocycles. The van der Waals surface area contributed by atoms with Gasteiger partial charge in [0.15, 0.2) is 5.78 Å². The van der Waals surface area contributed by atoms with E-state index in [1.54, 1.807) is 36.4 Å². The van der Waals surface area contributed by atoms with Gasteiger partial charge in [-0.3, -0.25) is 14.9 Å². The van der Waals surface area contributed by atoms with E-state index in [9.17, 15) is 14.9 Å². The Morgan fingerprint density at radius 1 is 1.10 bits per heavy atom. The summed E-state index contributed by atoms with van der Waals surface area (Å²) >= 11 is 0. The van der Waals surface area contributed by atoms with E-state index in [2.05, 4.69) is 0 Å². The molecule has 0 aliphatic rings. The second-order valence-electron chi connectivity index (χ2n) is 4.60. The van der Waals surface area contributed by atoms with Gasteiger partial charge in [0.2, 0.25) is 0 Å². The summed E-state index contributed by atoms with van der Waals surface area (Å²) in [5.41, 5.74) is 1.71. The number of hydrogen-bond donors (Lipinski definition) is 0. The molecule has 5 nitrogen and oxygen atoms in total. The van der Waals surface area contributed by atoms with Gasteiger partial charge in [-0.25, -0.2) is 0 Å². The van der Waals surface area contributed by atoms with Crippen LogP contribution in [0.1, 0.15) is 22.8 Å². The molecule has 0 atom stereocenters. The third-order valence-corrected chi connectivity index (χ3v) is 3.07. The average Bonchev–Trinajstić information content (AvgIpc) is 2.48. The van der Waals surface area contributed by atoms with E-state index in [-0.39, 0.29) is 11.5 Å². The maximum Gasteiger partial charge on any atom is 0.269 e. The number of rotatable bonds is 6. The largest absolute Gasteiger partial charge is 0.493 e. The summed E-state index contributed by atoms with van der Waals surface area (Å²) in [6.07, 6.45) is 0.659. The van der Waals surface area contributed by atoms with Crippen LogP contribution in [0.25, 0.3) is 0 Å². The Morgan fingerprint density at radius 2 is 1.71 bits per heavy atom. The van der Waals surface area contributed by atoms with Crippen LogP contribution in [0.2, 0.25) is 0 Å². The van der Waals surface area contributed by atoms with Crippen molar-refractivity contribution in [2.45, 2.75) is 13.3 Å². The molecule has 0 aliphatic heterocycles. The summed E-state index contributed by atoms with van der Waals surface area (Å²) in [4.78, 5) is 21.3. The summed E-state index contributed by atoms with van der Waals surface area (Å²) in [5.74, 6) is 0.717. The number of ether oxygens (including phenoxy) is 1. The van der Waals surface area contributed by atoms with Crippen molar-refractivity contribution in [3.8, 4) is 5.75 Å². The molecule has 0 bridgehead atoms. The second kappa shape index (κ2) is 6.65. The van der Waals surface area contributed by atoms with E-state index in [1.807, 2.05) is 0 Å². The molecule has 0 amide bonds. The molecule has 0 aliphatic carbocycles. The monoisotopic (exact) mass is 285 g/mol. The second-order valence-corrected chi connectivity index (χ2v) is 4.60. The molecule has 21 heavy (non-hydrogen) atoms. The van der Waals surface area contributed by atoms with Crippen LogP contribution < -0.4 is 4.74 Å². The van der Waals surface area contributed by atoms with Crippen molar-refractivity contribution in [2.24, 2.45) is 0 Å².